The number of nitrogens with one attached hydrogen (secondary N) is 1. The zero-order chi connectivity index (χ0) is 23.7. The van der Waals surface area contributed by atoms with Gasteiger partial charge in [0.15, 0.2) is 5.76 Å². The van der Waals surface area contributed by atoms with Gasteiger partial charge >= 0.3 is 5.97 Å². The molecular weight excluding hydrogens is 432 g/mol. The molecule has 1 aromatic heterocycles. The van der Waals surface area contributed by atoms with Crippen LogP contribution in [0.3, 0.4) is 0 Å². The molecule has 0 amide bonds. The number of carbonyl (C=O) groups excluding carboxylic acids is 1. The minimum absolute atomic E-state index is 0.216. The number of fused-ring (bicyclic) bond motifs is 1. The average molecular weight is 463 g/mol. The number of ether oxygens (including phenoxy) is 3. The van der Waals surface area contributed by atoms with Gasteiger partial charge in [0, 0.05) is 42.6 Å². The minimum atomic E-state index is -0.662. The summed E-state index contributed by atoms with van der Waals surface area (Å²) in [6.45, 7) is 5.17. The van der Waals surface area contributed by atoms with Crippen LogP contribution in [-0.4, -0.2) is 36.4 Å². The van der Waals surface area contributed by atoms with E-state index in [-0.39, 0.29) is 11.9 Å². The number of allylic oxidation sites excluding steroid dienone is 2. The summed E-state index contributed by atoms with van der Waals surface area (Å²) in [4.78, 5) is 21.1. The van der Waals surface area contributed by atoms with Gasteiger partial charge in [0.05, 0.1) is 23.5 Å². The molecule has 8 nitrogen and oxygen atoms in total. The molecule has 0 unspecified atom stereocenters. The first-order valence-corrected chi connectivity index (χ1v) is 11.8. The van der Waals surface area contributed by atoms with E-state index in [2.05, 4.69) is 15.3 Å². The first-order valence-electron chi connectivity index (χ1n) is 11.8. The molecule has 1 aromatic carbocycles. The van der Waals surface area contributed by atoms with Crippen molar-refractivity contribution < 1.29 is 19.0 Å². The van der Waals surface area contributed by atoms with E-state index in [0.29, 0.717) is 47.8 Å². The fourth-order valence-electron chi connectivity index (χ4n) is 4.22. The van der Waals surface area contributed by atoms with Crippen LogP contribution < -0.4 is 15.8 Å². The largest absolute Gasteiger partial charge is 0.454 e. The summed E-state index contributed by atoms with van der Waals surface area (Å²) in [6.07, 6.45) is 7.43. The number of aromatic nitrogens is 1. The number of pyridine rings is 1. The van der Waals surface area contributed by atoms with Gasteiger partial charge in [0.25, 0.3) is 0 Å². The number of carbonyl (C=O) groups is 1. The fourth-order valence-corrected chi connectivity index (χ4v) is 4.22. The number of nitrogens with zero attached hydrogens (tertiary/aromatic N) is 2. The Morgan fingerprint density at radius 2 is 2.00 bits per heavy atom. The number of benzene rings is 1. The zero-order valence-electron chi connectivity index (χ0n) is 19.5. The van der Waals surface area contributed by atoms with E-state index in [4.69, 9.17) is 19.9 Å². The third-order valence-corrected chi connectivity index (χ3v) is 6.36. The molecule has 1 aliphatic carbocycles. The highest BCUT2D eigenvalue weighted by atomic mass is 16.6. The minimum Gasteiger partial charge on any atom is -0.454 e. The van der Waals surface area contributed by atoms with E-state index in [0.717, 1.165) is 36.9 Å². The van der Waals surface area contributed by atoms with Crippen LogP contribution in [0, 0.1) is 5.92 Å². The number of aliphatic imine (C=N–C) groups is 1. The molecule has 2 aromatic rings. The molecule has 5 rings (SSSR count). The highest BCUT2D eigenvalue weighted by Crippen LogP contribution is 2.37. The summed E-state index contributed by atoms with van der Waals surface area (Å²) in [6, 6.07) is 9.53. The second-order valence-electron chi connectivity index (χ2n) is 9.48. The number of anilines is 2. The third-order valence-electron chi connectivity index (χ3n) is 6.36. The van der Waals surface area contributed by atoms with E-state index in [1.165, 1.54) is 0 Å². The normalized spacial score (nSPS) is 20.6. The lowest BCUT2D eigenvalue weighted by atomic mass is 9.95. The van der Waals surface area contributed by atoms with Crippen LogP contribution in [0.4, 0.5) is 11.5 Å². The summed E-state index contributed by atoms with van der Waals surface area (Å²) in [5.74, 6) is 1.74. The first kappa shape index (κ1) is 22.4. The van der Waals surface area contributed by atoms with Gasteiger partial charge in [0.1, 0.15) is 17.2 Å². The lowest BCUT2D eigenvalue weighted by Crippen LogP contribution is -2.24. The van der Waals surface area contributed by atoms with Gasteiger partial charge in [0.2, 0.25) is 0 Å². The van der Waals surface area contributed by atoms with Gasteiger partial charge in [-0.1, -0.05) is 0 Å². The molecule has 178 valence electrons. The Hall–Kier alpha value is -3.39. The van der Waals surface area contributed by atoms with Crippen molar-refractivity contribution in [2.45, 2.75) is 51.2 Å². The number of hydrogen-bond acceptors (Lipinski definition) is 8. The van der Waals surface area contributed by atoms with Gasteiger partial charge in [-0.2, -0.15) is 0 Å². The molecule has 2 fully saturated rings. The highest BCUT2D eigenvalue weighted by molar-refractivity contribution is 5.95. The topological polar surface area (TPSA) is 108 Å². The van der Waals surface area contributed by atoms with Gasteiger partial charge in [-0.05, 0) is 63.8 Å². The maximum Gasteiger partial charge on any atom is 0.339 e. The van der Waals surface area contributed by atoms with Gasteiger partial charge < -0.3 is 25.3 Å². The molecule has 3 aliphatic rings. The van der Waals surface area contributed by atoms with Crippen LogP contribution in [-0.2, 0) is 15.1 Å². The predicted octanol–water partition coefficient (Wildman–Crippen LogP) is 4.44. The van der Waals surface area contributed by atoms with Crippen molar-refractivity contribution >= 4 is 23.7 Å². The molecule has 1 saturated carbocycles. The molecule has 0 atom stereocenters. The second kappa shape index (κ2) is 9.10. The number of rotatable bonds is 7. The SMILES string of the molecule is CC1(C)OC(=O)c2ccc(Nc3cc(OC(C=NC4CC4)=C(N)C4CCOCC4)ccn3)cc21. The van der Waals surface area contributed by atoms with Crippen LogP contribution in [0.1, 0.15) is 55.5 Å². The highest BCUT2D eigenvalue weighted by Gasteiger charge is 2.37. The number of nitrogens with two attached hydrogens (primary N) is 1. The van der Waals surface area contributed by atoms with Crippen LogP contribution in [0.5, 0.6) is 5.75 Å². The van der Waals surface area contributed by atoms with Gasteiger partial charge in [-0.15, -0.1) is 0 Å². The smallest absolute Gasteiger partial charge is 0.339 e. The Morgan fingerprint density at radius 1 is 1.21 bits per heavy atom. The van der Waals surface area contributed by atoms with Gasteiger partial charge in [-0.3, -0.25) is 4.99 Å². The van der Waals surface area contributed by atoms with Crippen LogP contribution in [0.25, 0.3) is 0 Å². The van der Waals surface area contributed by atoms with E-state index < -0.39 is 5.60 Å². The standard InChI is InChI=1S/C26H30N4O4/c1-26(2)21-13-18(5-6-20(21)25(31)34-26)30-23-14-19(7-10-28-23)33-22(15-29-17-3-4-17)24(27)16-8-11-32-12-9-16/h5-7,10,13-17H,3-4,8-9,11-12,27H2,1-2H3,(H,28,30). The van der Waals surface area contributed by atoms with Crippen LogP contribution in [0.15, 0.2) is 53.0 Å². The maximum atomic E-state index is 12.1. The lowest BCUT2D eigenvalue weighted by Gasteiger charge is -2.23. The lowest BCUT2D eigenvalue weighted by molar-refractivity contribution is 0.00954. The van der Waals surface area contributed by atoms with Crippen LogP contribution in [0.2, 0.25) is 0 Å². The number of cyclic esters (lactones) is 1. The molecule has 1 saturated heterocycles. The fraction of sp³-hybridized carbons (Fsp3) is 0.423. The summed E-state index contributed by atoms with van der Waals surface area (Å²) in [5, 5.41) is 3.30. The van der Waals surface area contributed by atoms with Crippen LogP contribution >= 0.6 is 0 Å². The van der Waals surface area contributed by atoms with Crippen molar-refractivity contribution in [3.63, 3.8) is 0 Å². The summed E-state index contributed by atoms with van der Waals surface area (Å²) in [7, 11) is 0. The molecule has 2 aliphatic heterocycles. The average Bonchev–Trinajstić information content (AvgIpc) is 3.63. The Morgan fingerprint density at radius 3 is 2.76 bits per heavy atom. The molecule has 0 spiro atoms. The Balaban J connectivity index is 1.36. The van der Waals surface area contributed by atoms with Crippen molar-refractivity contribution in [2.75, 3.05) is 18.5 Å². The summed E-state index contributed by atoms with van der Waals surface area (Å²) >= 11 is 0. The molecule has 3 heterocycles. The van der Waals surface area contributed by atoms with E-state index >= 15 is 0 Å². The predicted molar refractivity (Wildman–Crippen MR) is 129 cm³/mol. The van der Waals surface area contributed by atoms with Crippen molar-refractivity contribution in [3.05, 3.63) is 59.1 Å². The quantitative estimate of drug-likeness (QED) is 0.356. The molecular formula is C26H30N4O4. The maximum absolute atomic E-state index is 12.1. The van der Waals surface area contributed by atoms with Crippen molar-refractivity contribution in [1.29, 1.82) is 0 Å². The van der Waals surface area contributed by atoms with Crippen molar-refractivity contribution in [3.8, 4) is 5.75 Å². The van der Waals surface area contributed by atoms with E-state index in [1.54, 1.807) is 24.5 Å². The summed E-state index contributed by atoms with van der Waals surface area (Å²) in [5.41, 5.74) is 8.83. The van der Waals surface area contributed by atoms with E-state index in [9.17, 15) is 4.79 Å². The zero-order valence-corrected chi connectivity index (χ0v) is 19.5. The van der Waals surface area contributed by atoms with Crippen molar-refractivity contribution in [2.24, 2.45) is 16.6 Å². The van der Waals surface area contributed by atoms with E-state index in [1.807, 2.05) is 32.0 Å². The molecule has 8 heteroatoms. The van der Waals surface area contributed by atoms with Crippen molar-refractivity contribution in [1.82, 2.24) is 4.98 Å². The van der Waals surface area contributed by atoms with Gasteiger partial charge in [-0.25, -0.2) is 9.78 Å². The number of hydrogen-bond donors (Lipinski definition) is 2. The molecule has 0 bridgehead atoms. The second-order valence-corrected chi connectivity index (χ2v) is 9.48. The first-order chi connectivity index (χ1) is 16.4. The monoisotopic (exact) mass is 462 g/mol. The molecule has 3 N–H and O–H groups in total. The number of esters is 1. The molecule has 0 radical (unpaired) electrons. The Bertz CT molecular complexity index is 1150. The Labute approximate surface area is 199 Å². The Kier molecular flexibility index (Phi) is 6.00. The molecule has 34 heavy (non-hydrogen) atoms. The third kappa shape index (κ3) is 4.92. The summed E-state index contributed by atoms with van der Waals surface area (Å²) < 4.78 is 17.2.